The highest BCUT2D eigenvalue weighted by Gasteiger charge is 2.54. The summed E-state index contributed by atoms with van der Waals surface area (Å²) in [5.74, 6) is 0.907. The molecule has 1 fully saturated rings. The van der Waals surface area contributed by atoms with Gasteiger partial charge in [-0.3, -0.25) is 0 Å². The van der Waals surface area contributed by atoms with Crippen molar-refractivity contribution in [2.24, 2.45) is 11.3 Å². The lowest BCUT2D eigenvalue weighted by Gasteiger charge is -2.27. The lowest BCUT2D eigenvalue weighted by atomic mass is 9.80. The molecule has 2 atom stereocenters. The normalized spacial score (nSPS) is 30.3. The molecule has 3 rings (SSSR count). The molecule has 1 aromatic carbocycles. The van der Waals surface area contributed by atoms with Crippen molar-refractivity contribution < 1.29 is 0 Å². The molecule has 0 saturated heterocycles. The molecule has 0 heterocycles. The Morgan fingerprint density at radius 1 is 1.22 bits per heavy atom. The minimum Gasteiger partial charge on any atom is -0.312 e. The third-order valence-corrected chi connectivity index (χ3v) is 4.79. The number of nitrogens with one attached hydrogen (secondary N) is 1. The highest BCUT2D eigenvalue weighted by molar-refractivity contribution is 5.33. The summed E-state index contributed by atoms with van der Waals surface area (Å²) >= 11 is 0. The van der Waals surface area contributed by atoms with Gasteiger partial charge in [0.05, 0.1) is 0 Å². The summed E-state index contributed by atoms with van der Waals surface area (Å²) in [4.78, 5) is 0. The predicted octanol–water partition coefficient (Wildman–Crippen LogP) is 3.57. The van der Waals surface area contributed by atoms with Crippen LogP contribution in [0.4, 0.5) is 0 Å². The van der Waals surface area contributed by atoms with E-state index in [4.69, 9.17) is 0 Å². The van der Waals surface area contributed by atoms with Crippen molar-refractivity contribution in [3.8, 4) is 0 Å². The van der Waals surface area contributed by atoms with E-state index in [0.29, 0.717) is 5.41 Å². The van der Waals surface area contributed by atoms with Gasteiger partial charge in [-0.2, -0.15) is 0 Å². The fourth-order valence-corrected chi connectivity index (χ4v) is 3.50. The van der Waals surface area contributed by atoms with Crippen LogP contribution in [0.3, 0.4) is 0 Å². The van der Waals surface area contributed by atoms with E-state index >= 15 is 0 Å². The van der Waals surface area contributed by atoms with Gasteiger partial charge in [0.2, 0.25) is 0 Å². The SMILES string of the molecule is CC(C)(C)NCC1CC12CCc1ccccc1C2. The lowest BCUT2D eigenvalue weighted by molar-refractivity contribution is 0.351. The zero-order valence-corrected chi connectivity index (χ0v) is 11.9. The topological polar surface area (TPSA) is 12.0 Å². The van der Waals surface area contributed by atoms with Crippen molar-refractivity contribution in [3.05, 3.63) is 35.4 Å². The molecule has 1 N–H and O–H groups in total. The van der Waals surface area contributed by atoms with Crippen LogP contribution in [0, 0.1) is 11.3 Å². The second-order valence-corrected chi connectivity index (χ2v) is 7.34. The number of hydrogen-bond donors (Lipinski definition) is 1. The van der Waals surface area contributed by atoms with Crippen LogP contribution in [0.1, 0.15) is 44.7 Å². The van der Waals surface area contributed by atoms with E-state index in [1.54, 1.807) is 11.1 Å². The molecule has 0 bridgehead atoms. The van der Waals surface area contributed by atoms with Crippen LogP contribution in [0.5, 0.6) is 0 Å². The maximum absolute atomic E-state index is 3.68. The third kappa shape index (κ3) is 2.33. The van der Waals surface area contributed by atoms with Gasteiger partial charge in [0.15, 0.2) is 0 Å². The van der Waals surface area contributed by atoms with E-state index in [1.807, 2.05) is 0 Å². The van der Waals surface area contributed by atoms with Crippen LogP contribution < -0.4 is 5.32 Å². The largest absolute Gasteiger partial charge is 0.312 e. The molecule has 1 nitrogen and oxygen atoms in total. The molecular weight excluding hydrogens is 218 g/mol. The number of rotatable bonds is 2. The van der Waals surface area contributed by atoms with Crippen LogP contribution in [0.25, 0.3) is 0 Å². The molecule has 18 heavy (non-hydrogen) atoms. The van der Waals surface area contributed by atoms with Crippen molar-refractivity contribution in [3.63, 3.8) is 0 Å². The van der Waals surface area contributed by atoms with E-state index < -0.39 is 0 Å². The molecule has 1 spiro atoms. The van der Waals surface area contributed by atoms with Crippen molar-refractivity contribution in [1.82, 2.24) is 5.32 Å². The quantitative estimate of drug-likeness (QED) is 0.837. The Morgan fingerprint density at radius 2 is 1.94 bits per heavy atom. The van der Waals surface area contributed by atoms with Gasteiger partial charge in [-0.15, -0.1) is 0 Å². The summed E-state index contributed by atoms with van der Waals surface area (Å²) in [6.45, 7) is 7.99. The van der Waals surface area contributed by atoms with Gasteiger partial charge in [0.25, 0.3) is 0 Å². The number of aryl methyl sites for hydroxylation is 1. The van der Waals surface area contributed by atoms with Crippen LogP contribution >= 0.6 is 0 Å². The van der Waals surface area contributed by atoms with Gasteiger partial charge in [-0.25, -0.2) is 0 Å². The van der Waals surface area contributed by atoms with Crippen molar-refractivity contribution in [1.29, 1.82) is 0 Å². The van der Waals surface area contributed by atoms with E-state index in [-0.39, 0.29) is 5.54 Å². The molecule has 1 saturated carbocycles. The van der Waals surface area contributed by atoms with E-state index in [2.05, 4.69) is 50.4 Å². The Labute approximate surface area is 111 Å². The number of fused-ring (bicyclic) bond motifs is 1. The summed E-state index contributed by atoms with van der Waals surface area (Å²) < 4.78 is 0. The average Bonchev–Trinajstić information content (AvgIpc) is 2.98. The van der Waals surface area contributed by atoms with Crippen LogP contribution in [0.2, 0.25) is 0 Å². The Kier molecular flexibility index (Phi) is 2.78. The third-order valence-electron chi connectivity index (χ3n) is 4.79. The van der Waals surface area contributed by atoms with Gasteiger partial charge >= 0.3 is 0 Å². The van der Waals surface area contributed by atoms with Gasteiger partial charge in [-0.05, 0) is 75.5 Å². The first-order valence-electron chi connectivity index (χ1n) is 7.30. The van der Waals surface area contributed by atoms with E-state index in [0.717, 1.165) is 5.92 Å². The molecule has 98 valence electrons. The first-order chi connectivity index (χ1) is 8.49. The molecule has 0 amide bonds. The summed E-state index contributed by atoms with van der Waals surface area (Å²) in [6.07, 6.45) is 5.45. The van der Waals surface area contributed by atoms with Gasteiger partial charge < -0.3 is 5.32 Å². The molecule has 2 aliphatic rings. The average molecular weight is 243 g/mol. The summed E-state index contributed by atoms with van der Waals surface area (Å²) in [6, 6.07) is 9.03. The molecule has 0 radical (unpaired) electrons. The smallest absolute Gasteiger partial charge is 0.00966 e. The fourth-order valence-electron chi connectivity index (χ4n) is 3.50. The second kappa shape index (κ2) is 4.09. The summed E-state index contributed by atoms with van der Waals surface area (Å²) in [5, 5.41) is 3.68. The maximum Gasteiger partial charge on any atom is 0.00966 e. The monoisotopic (exact) mass is 243 g/mol. The molecular formula is C17H25N. The van der Waals surface area contributed by atoms with Gasteiger partial charge in [-0.1, -0.05) is 24.3 Å². The van der Waals surface area contributed by atoms with Crippen molar-refractivity contribution in [2.45, 2.75) is 52.0 Å². The fraction of sp³-hybridized carbons (Fsp3) is 0.647. The first-order valence-corrected chi connectivity index (χ1v) is 7.30. The first kappa shape index (κ1) is 12.2. The van der Waals surface area contributed by atoms with Gasteiger partial charge in [0.1, 0.15) is 0 Å². The minimum atomic E-state index is 0.260. The van der Waals surface area contributed by atoms with E-state index in [1.165, 1.54) is 32.2 Å². The Hall–Kier alpha value is -0.820. The molecule has 1 heteroatoms. The molecule has 0 aromatic heterocycles. The predicted molar refractivity (Wildman–Crippen MR) is 76.8 cm³/mol. The summed E-state index contributed by atoms with van der Waals surface area (Å²) in [5.41, 5.74) is 4.11. The maximum atomic E-state index is 3.68. The van der Waals surface area contributed by atoms with Crippen LogP contribution in [-0.2, 0) is 12.8 Å². The van der Waals surface area contributed by atoms with Crippen LogP contribution in [-0.4, -0.2) is 12.1 Å². The highest BCUT2D eigenvalue weighted by atomic mass is 15.0. The van der Waals surface area contributed by atoms with E-state index in [9.17, 15) is 0 Å². The second-order valence-electron chi connectivity index (χ2n) is 7.34. The number of hydrogen-bond acceptors (Lipinski definition) is 1. The molecule has 0 aliphatic heterocycles. The molecule has 1 aromatic rings. The Balaban J connectivity index is 1.64. The molecule has 2 unspecified atom stereocenters. The zero-order valence-electron chi connectivity index (χ0n) is 11.9. The Bertz CT molecular complexity index is 443. The van der Waals surface area contributed by atoms with Crippen LogP contribution in [0.15, 0.2) is 24.3 Å². The summed E-state index contributed by atoms with van der Waals surface area (Å²) in [7, 11) is 0. The standard InChI is InChI=1S/C17H25N/c1-16(2,3)18-12-15-11-17(15)9-8-13-6-4-5-7-14(13)10-17/h4-7,15,18H,8-12H2,1-3H3. The van der Waals surface area contributed by atoms with Crippen molar-refractivity contribution in [2.75, 3.05) is 6.54 Å². The Morgan fingerprint density at radius 3 is 2.67 bits per heavy atom. The molecule has 2 aliphatic carbocycles. The number of benzene rings is 1. The zero-order chi connectivity index (χ0) is 12.8. The minimum absolute atomic E-state index is 0.260. The van der Waals surface area contributed by atoms with Crippen molar-refractivity contribution >= 4 is 0 Å². The lowest BCUT2D eigenvalue weighted by Crippen LogP contribution is -2.38. The van der Waals surface area contributed by atoms with Gasteiger partial charge in [0, 0.05) is 5.54 Å². The highest BCUT2D eigenvalue weighted by Crippen LogP contribution is 2.59.